The van der Waals surface area contributed by atoms with E-state index in [1.807, 2.05) is 12.1 Å². The van der Waals surface area contributed by atoms with E-state index in [4.69, 9.17) is 28.3 Å². The van der Waals surface area contributed by atoms with E-state index in [0.29, 0.717) is 16.1 Å². The zero-order valence-electron chi connectivity index (χ0n) is 14.1. The Morgan fingerprint density at radius 2 is 1.60 bits per heavy atom. The molecule has 0 aliphatic carbocycles. The van der Waals surface area contributed by atoms with Crippen molar-refractivity contribution in [2.45, 2.75) is 32.2 Å². The molecule has 0 radical (unpaired) electrons. The molecule has 4 nitrogen and oxygen atoms in total. The minimum atomic E-state index is -1.30. The van der Waals surface area contributed by atoms with Crippen LogP contribution < -0.4 is 5.32 Å². The van der Waals surface area contributed by atoms with Crippen molar-refractivity contribution >= 4 is 35.1 Å². The molecule has 0 aliphatic rings. The van der Waals surface area contributed by atoms with Gasteiger partial charge in [0.1, 0.15) is 6.04 Å². The van der Waals surface area contributed by atoms with Crippen molar-refractivity contribution in [3.63, 3.8) is 0 Å². The van der Waals surface area contributed by atoms with E-state index in [2.05, 4.69) is 26.1 Å². The van der Waals surface area contributed by atoms with Crippen LogP contribution in [0.3, 0.4) is 0 Å². The molecular weight excluding hydrogens is 361 g/mol. The van der Waals surface area contributed by atoms with E-state index in [1.165, 1.54) is 12.1 Å². The molecule has 2 aromatic rings. The van der Waals surface area contributed by atoms with Gasteiger partial charge >= 0.3 is 6.09 Å². The fraction of sp³-hybridized carbons (Fsp3) is 0.263. The number of amides is 1. The van der Waals surface area contributed by atoms with Crippen LogP contribution >= 0.6 is 23.2 Å². The molecule has 0 saturated carbocycles. The molecule has 2 N–H and O–H groups in total. The smallest absolute Gasteiger partial charge is 0.405 e. The maximum absolute atomic E-state index is 12.8. The summed E-state index contributed by atoms with van der Waals surface area (Å²) in [7, 11) is 0. The summed E-state index contributed by atoms with van der Waals surface area (Å²) in [6.07, 6.45) is -1.30. The molecule has 132 valence electrons. The SMILES string of the molecule is CC(C)(C)c1ccc(C(=O)C(NC(=O)O)c2ccc(Cl)c(Cl)c2)cc1. The molecule has 1 atom stereocenters. The van der Waals surface area contributed by atoms with Gasteiger partial charge in [-0.25, -0.2) is 4.79 Å². The molecular formula is C19H19Cl2NO3. The van der Waals surface area contributed by atoms with Crippen LogP contribution in [0.5, 0.6) is 0 Å². The van der Waals surface area contributed by atoms with E-state index in [-0.39, 0.29) is 16.2 Å². The van der Waals surface area contributed by atoms with Gasteiger partial charge in [-0.1, -0.05) is 74.3 Å². The van der Waals surface area contributed by atoms with Crippen molar-refractivity contribution in [1.82, 2.24) is 5.32 Å². The summed E-state index contributed by atoms with van der Waals surface area (Å²) in [5.74, 6) is -0.360. The highest BCUT2D eigenvalue weighted by molar-refractivity contribution is 6.42. The fourth-order valence-corrected chi connectivity index (χ4v) is 2.72. The van der Waals surface area contributed by atoms with Crippen LogP contribution in [0.15, 0.2) is 42.5 Å². The summed E-state index contributed by atoms with van der Waals surface area (Å²) in [6, 6.07) is 10.7. The molecule has 6 heteroatoms. The Morgan fingerprint density at radius 1 is 1.00 bits per heavy atom. The van der Waals surface area contributed by atoms with Crippen molar-refractivity contribution in [2.24, 2.45) is 0 Å². The summed E-state index contributed by atoms with van der Waals surface area (Å²) < 4.78 is 0. The maximum Gasteiger partial charge on any atom is 0.405 e. The third-order valence-electron chi connectivity index (χ3n) is 3.84. The summed E-state index contributed by atoms with van der Waals surface area (Å²) in [5, 5.41) is 11.9. The number of ketones is 1. The molecule has 0 fully saturated rings. The Morgan fingerprint density at radius 3 is 2.08 bits per heavy atom. The number of hydrogen-bond donors (Lipinski definition) is 2. The zero-order chi connectivity index (χ0) is 18.8. The average molecular weight is 380 g/mol. The minimum Gasteiger partial charge on any atom is -0.465 e. The fourth-order valence-electron chi connectivity index (χ4n) is 2.42. The molecule has 0 aliphatic heterocycles. The Kier molecular flexibility index (Phi) is 5.76. The first-order valence-corrected chi connectivity index (χ1v) is 8.44. The van der Waals surface area contributed by atoms with Crippen LogP contribution in [-0.4, -0.2) is 17.0 Å². The van der Waals surface area contributed by atoms with Gasteiger partial charge < -0.3 is 10.4 Å². The van der Waals surface area contributed by atoms with Crippen LogP contribution in [0.4, 0.5) is 4.79 Å². The second kappa shape index (κ2) is 7.46. The van der Waals surface area contributed by atoms with Gasteiger partial charge in [0.2, 0.25) is 0 Å². The summed E-state index contributed by atoms with van der Waals surface area (Å²) >= 11 is 11.9. The third-order valence-corrected chi connectivity index (χ3v) is 4.58. The molecule has 0 aromatic heterocycles. The molecule has 2 aromatic carbocycles. The van der Waals surface area contributed by atoms with E-state index < -0.39 is 12.1 Å². The van der Waals surface area contributed by atoms with E-state index >= 15 is 0 Å². The Balaban J connectivity index is 2.38. The molecule has 1 amide bonds. The van der Waals surface area contributed by atoms with Crippen molar-refractivity contribution < 1.29 is 14.7 Å². The number of nitrogens with one attached hydrogen (secondary N) is 1. The van der Waals surface area contributed by atoms with Gasteiger partial charge in [-0.3, -0.25) is 4.79 Å². The van der Waals surface area contributed by atoms with Gasteiger partial charge in [-0.15, -0.1) is 0 Å². The lowest BCUT2D eigenvalue weighted by molar-refractivity contribution is 0.0936. The Hall–Kier alpha value is -2.04. The first kappa shape index (κ1) is 19.3. The number of hydrogen-bond acceptors (Lipinski definition) is 2. The van der Waals surface area contributed by atoms with Gasteiger partial charge in [0.05, 0.1) is 10.0 Å². The predicted octanol–water partition coefficient (Wildman–Crippen LogP) is 5.48. The standard InChI is InChI=1S/C19H19Cl2NO3/c1-19(2,3)13-7-4-11(5-8-13)17(23)16(22-18(24)25)12-6-9-14(20)15(21)10-12/h4-10,16,22H,1-3H3,(H,24,25). The molecule has 0 spiro atoms. The van der Waals surface area contributed by atoms with Crippen molar-refractivity contribution in [3.8, 4) is 0 Å². The molecule has 25 heavy (non-hydrogen) atoms. The monoisotopic (exact) mass is 379 g/mol. The Bertz CT molecular complexity index is 795. The van der Waals surface area contributed by atoms with Gasteiger partial charge in [0.15, 0.2) is 5.78 Å². The molecule has 2 rings (SSSR count). The first-order chi connectivity index (χ1) is 11.6. The normalized spacial score (nSPS) is 12.5. The van der Waals surface area contributed by atoms with Crippen molar-refractivity contribution in [1.29, 1.82) is 0 Å². The number of carbonyl (C=O) groups excluding carboxylic acids is 1. The quantitative estimate of drug-likeness (QED) is 0.690. The van der Waals surface area contributed by atoms with Gasteiger partial charge in [-0.05, 0) is 28.7 Å². The lowest BCUT2D eigenvalue weighted by Crippen LogP contribution is -2.32. The predicted molar refractivity (Wildman–Crippen MR) is 99.8 cm³/mol. The second-order valence-electron chi connectivity index (χ2n) is 6.75. The number of halogens is 2. The van der Waals surface area contributed by atoms with E-state index in [9.17, 15) is 9.59 Å². The van der Waals surface area contributed by atoms with Crippen LogP contribution in [-0.2, 0) is 5.41 Å². The maximum atomic E-state index is 12.8. The topological polar surface area (TPSA) is 66.4 Å². The third kappa shape index (κ3) is 4.74. The van der Waals surface area contributed by atoms with E-state index in [1.54, 1.807) is 18.2 Å². The molecule has 1 unspecified atom stereocenters. The molecule has 0 saturated heterocycles. The number of carbonyl (C=O) groups is 2. The number of Topliss-reactive ketones (excluding diaryl/α,β-unsaturated/α-hetero) is 1. The molecule has 0 bridgehead atoms. The summed E-state index contributed by atoms with van der Waals surface area (Å²) in [6.45, 7) is 6.23. The van der Waals surface area contributed by atoms with Crippen LogP contribution in [0.25, 0.3) is 0 Å². The molecule has 0 heterocycles. The lowest BCUT2D eigenvalue weighted by atomic mass is 9.86. The van der Waals surface area contributed by atoms with Crippen molar-refractivity contribution in [2.75, 3.05) is 0 Å². The highest BCUT2D eigenvalue weighted by Crippen LogP contribution is 2.28. The minimum absolute atomic E-state index is 0.0377. The van der Waals surface area contributed by atoms with Gasteiger partial charge in [0.25, 0.3) is 0 Å². The van der Waals surface area contributed by atoms with Gasteiger partial charge in [0, 0.05) is 5.56 Å². The van der Waals surface area contributed by atoms with Crippen LogP contribution in [0.1, 0.15) is 48.3 Å². The van der Waals surface area contributed by atoms with Crippen LogP contribution in [0, 0.1) is 0 Å². The van der Waals surface area contributed by atoms with Crippen LogP contribution in [0.2, 0.25) is 10.0 Å². The first-order valence-electron chi connectivity index (χ1n) is 7.69. The van der Waals surface area contributed by atoms with Gasteiger partial charge in [-0.2, -0.15) is 0 Å². The average Bonchev–Trinajstić information content (AvgIpc) is 2.54. The van der Waals surface area contributed by atoms with Crippen molar-refractivity contribution in [3.05, 3.63) is 69.2 Å². The second-order valence-corrected chi connectivity index (χ2v) is 7.56. The Labute approximate surface area is 156 Å². The highest BCUT2D eigenvalue weighted by atomic mass is 35.5. The lowest BCUT2D eigenvalue weighted by Gasteiger charge is -2.20. The number of benzene rings is 2. The number of carboxylic acid groups (broad SMARTS) is 1. The largest absolute Gasteiger partial charge is 0.465 e. The summed E-state index contributed by atoms with van der Waals surface area (Å²) in [4.78, 5) is 24.0. The zero-order valence-corrected chi connectivity index (χ0v) is 15.7. The van der Waals surface area contributed by atoms with E-state index in [0.717, 1.165) is 5.56 Å². The number of rotatable bonds is 4. The summed E-state index contributed by atoms with van der Waals surface area (Å²) in [5.41, 5.74) is 1.89. The highest BCUT2D eigenvalue weighted by Gasteiger charge is 2.25.